The summed E-state index contributed by atoms with van der Waals surface area (Å²) in [7, 11) is -3.50. The summed E-state index contributed by atoms with van der Waals surface area (Å²) in [5, 5.41) is 0.0619. The Morgan fingerprint density at radius 2 is 1.93 bits per heavy atom. The van der Waals surface area contributed by atoms with Crippen LogP contribution in [0.25, 0.3) is 11.3 Å². The quantitative estimate of drug-likeness (QED) is 0.594. The van der Waals surface area contributed by atoms with E-state index < -0.39 is 15.8 Å². The van der Waals surface area contributed by atoms with Crippen LogP contribution in [0.15, 0.2) is 58.0 Å². The molecule has 2 aromatic carbocycles. The molecule has 27 heavy (non-hydrogen) atoms. The Hall–Kier alpha value is -2.71. The lowest BCUT2D eigenvalue weighted by Gasteiger charge is -2.06. The average molecular weight is 410 g/mol. The van der Waals surface area contributed by atoms with Gasteiger partial charge < -0.3 is 9.15 Å². The fourth-order valence-electron chi connectivity index (χ4n) is 2.22. The number of ether oxygens (including phenoxy) is 1. The standard InChI is InChI=1S/C18H13ClFNO5S/c1-27(23,24)13-6-7-15(19)14(8-13)18(22)25-10-17-21-9-16(26-17)11-2-4-12(20)5-3-11/h2-9H,10H2,1H3. The second-order valence-electron chi connectivity index (χ2n) is 5.62. The van der Waals surface area contributed by atoms with E-state index >= 15 is 0 Å². The molecule has 1 aromatic heterocycles. The minimum absolute atomic E-state index is 0.0476. The summed E-state index contributed by atoms with van der Waals surface area (Å²) in [5.41, 5.74) is 0.537. The first-order valence-corrected chi connectivity index (χ1v) is 9.88. The van der Waals surface area contributed by atoms with E-state index in [1.165, 1.54) is 42.6 Å². The fourth-order valence-corrected chi connectivity index (χ4v) is 3.06. The van der Waals surface area contributed by atoms with Gasteiger partial charge in [0.2, 0.25) is 5.89 Å². The van der Waals surface area contributed by atoms with Crippen molar-refractivity contribution in [3.8, 4) is 11.3 Å². The monoisotopic (exact) mass is 409 g/mol. The third kappa shape index (κ3) is 4.53. The molecule has 0 aliphatic carbocycles. The average Bonchev–Trinajstić information content (AvgIpc) is 3.08. The summed E-state index contributed by atoms with van der Waals surface area (Å²) in [5.74, 6) is -0.677. The number of oxazole rings is 1. The molecule has 0 amide bonds. The summed E-state index contributed by atoms with van der Waals surface area (Å²) in [4.78, 5) is 16.2. The first-order valence-electron chi connectivity index (χ1n) is 7.61. The van der Waals surface area contributed by atoms with E-state index in [1.807, 2.05) is 0 Å². The maximum absolute atomic E-state index is 13.0. The normalized spacial score (nSPS) is 11.4. The Bertz CT molecular complexity index is 1090. The molecule has 9 heteroatoms. The Labute approximate surface area is 159 Å². The van der Waals surface area contributed by atoms with Gasteiger partial charge in [-0.15, -0.1) is 0 Å². The third-order valence-corrected chi connectivity index (χ3v) is 5.03. The number of carbonyl (C=O) groups excluding carboxylic acids is 1. The van der Waals surface area contributed by atoms with Crippen LogP contribution in [0.4, 0.5) is 4.39 Å². The molecule has 0 unspecified atom stereocenters. The lowest BCUT2D eigenvalue weighted by Crippen LogP contribution is -2.08. The number of benzene rings is 2. The van der Waals surface area contributed by atoms with Crippen molar-refractivity contribution < 1.29 is 26.8 Å². The molecule has 0 aliphatic rings. The Balaban J connectivity index is 1.72. The molecule has 0 saturated heterocycles. The molecule has 0 spiro atoms. The number of hydrogen-bond donors (Lipinski definition) is 0. The maximum atomic E-state index is 13.0. The van der Waals surface area contributed by atoms with Gasteiger partial charge in [0.1, 0.15) is 5.82 Å². The number of esters is 1. The van der Waals surface area contributed by atoms with Crippen LogP contribution in [0, 0.1) is 5.82 Å². The Morgan fingerprint density at radius 3 is 2.59 bits per heavy atom. The zero-order valence-electron chi connectivity index (χ0n) is 14.0. The van der Waals surface area contributed by atoms with Gasteiger partial charge in [-0.2, -0.15) is 0 Å². The molecular weight excluding hydrogens is 397 g/mol. The van der Waals surface area contributed by atoms with Crippen LogP contribution in [0.5, 0.6) is 0 Å². The van der Waals surface area contributed by atoms with Crippen molar-refractivity contribution in [1.82, 2.24) is 4.98 Å². The molecule has 6 nitrogen and oxygen atoms in total. The van der Waals surface area contributed by atoms with Gasteiger partial charge in [0.25, 0.3) is 0 Å². The number of sulfone groups is 1. The summed E-state index contributed by atoms with van der Waals surface area (Å²) in [6, 6.07) is 9.40. The summed E-state index contributed by atoms with van der Waals surface area (Å²) >= 11 is 5.95. The summed E-state index contributed by atoms with van der Waals surface area (Å²) in [6.07, 6.45) is 2.45. The van der Waals surface area contributed by atoms with Crippen LogP contribution >= 0.6 is 11.6 Å². The second-order valence-corrected chi connectivity index (χ2v) is 8.04. The van der Waals surface area contributed by atoms with E-state index in [2.05, 4.69) is 4.98 Å². The predicted molar refractivity (Wildman–Crippen MR) is 95.6 cm³/mol. The van der Waals surface area contributed by atoms with Crippen LogP contribution in [0.1, 0.15) is 16.2 Å². The van der Waals surface area contributed by atoms with Gasteiger partial charge in [0, 0.05) is 11.8 Å². The van der Waals surface area contributed by atoms with Crippen LogP contribution in [0.3, 0.4) is 0 Å². The van der Waals surface area contributed by atoms with Gasteiger partial charge in [-0.05, 0) is 42.5 Å². The lowest BCUT2D eigenvalue weighted by molar-refractivity contribution is 0.0439. The highest BCUT2D eigenvalue weighted by molar-refractivity contribution is 7.90. The van der Waals surface area contributed by atoms with E-state index in [9.17, 15) is 17.6 Å². The highest BCUT2D eigenvalue weighted by atomic mass is 35.5. The summed E-state index contributed by atoms with van der Waals surface area (Å²) in [6.45, 7) is -0.278. The lowest BCUT2D eigenvalue weighted by atomic mass is 10.2. The van der Waals surface area contributed by atoms with Crippen molar-refractivity contribution in [2.45, 2.75) is 11.5 Å². The van der Waals surface area contributed by atoms with Gasteiger partial charge in [-0.3, -0.25) is 0 Å². The number of aromatic nitrogens is 1. The van der Waals surface area contributed by atoms with Crippen molar-refractivity contribution in [3.05, 3.63) is 71.0 Å². The number of rotatable bonds is 5. The van der Waals surface area contributed by atoms with E-state index in [1.54, 1.807) is 0 Å². The molecule has 0 radical (unpaired) electrons. The molecular formula is C18H13ClFNO5S. The first kappa shape index (κ1) is 19.1. The van der Waals surface area contributed by atoms with E-state index in [4.69, 9.17) is 20.8 Å². The number of carbonyl (C=O) groups is 1. The second kappa shape index (κ2) is 7.50. The van der Waals surface area contributed by atoms with Crippen LogP contribution in [-0.2, 0) is 21.2 Å². The van der Waals surface area contributed by atoms with E-state index in [0.717, 1.165) is 12.3 Å². The minimum Gasteiger partial charge on any atom is -0.452 e. The van der Waals surface area contributed by atoms with Crippen LogP contribution < -0.4 is 0 Å². The third-order valence-electron chi connectivity index (χ3n) is 3.59. The van der Waals surface area contributed by atoms with E-state index in [0.29, 0.717) is 11.3 Å². The molecule has 0 saturated carbocycles. The molecule has 0 aliphatic heterocycles. The highest BCUT2D eigenvalue weighted by Crippen LogP contribution is 2.23. The molecule has 1 heterocycles. The molecule has 0 bridgehead atoms. The van der Waals surface area contributed by atoms with Crippen LogP contribution in [0.2, 0.25) is 5.02 Å². The fraction of sp³-hybridized carbons (Fsp3) is 0.111. The van der Waals surface area contributed by atoms with Gasteiger partial charge in [0.05, 0.1) is 21.7 Å². The van der Waals surface area contributed by atoms with Gasteiger partial charge >= 0.3 is 5.97 Å². The zero-order chi connectivity index (χ0) is 19.6. The minimum atomic E-state index is -3.50. The van der Waals surface area contributed by atoms with Crippen molar-refractivity contribution in [1.29, 1.82) is 0 Å². The first-order chi connectivity index (χ1) is 12.7. The summed E-state index contributed by atoms with van der Waals surface area (Å²) < 4.78 is 46.7. The number of hydrogen-bond acceptors (Lipinski definition) is 6. The SMILES string of the molecule is CS(=O)(=O)c1ccc(Cl)c(C(=O)OCc2ncc(-c3ccc(F)cc3)o2)c1. The Kier molecular flexibility index (Phi) is 5.29. The van der Waals surface area contributed by atoms with Crippen LogP contribution in [-0.4, -0.2) is 25.6 Å². The molecule has 140 valence electrons. The topological polar surface area (TPSA) is 86.5 Å². The molecule has 0 atom stereocenters. The van der Waals surface area contributed by atoms with Crippen molar-refractivity contribution in [2.24, 2.45) is 0 Å². The molecule has 3 aromatic rings. The Morgan fingerprint density at radius 1 is 1.22 bits per heavy atom. The number of halogens is 2. The zero-order valence-corrected chi connectivity index (χ0v) is 15.6. The molecule has 0 fully saturated rings. The maximum Gasteiger partial charge on any atom is 0.340 e. The van der Waals surface area contributed by atoms with E-state index in [-0.39, 0.29) is 33.8 Å². The predicted octanol–water partition coefficient (Wildman–Crippen LogP) is 3.89. The van der Waals surface area contributed by atoms with Gasteiger partial charge in [0.15, 0.2) is 22.2 Å². The largest absolute Gasteiger partial charge is 0.452 e. The molecule has 3 rings (SSSR count). The van der Waals surface area contributed by atoms with Gasteiger partial charge in [-0.1, -0.05) is 11.6 Å². The van der Waals surface area contributed by atoms with Crippen molar-refractivity contribution >= 4 is 27.4 Å². The van der Waals surface area contributed by atoms with Crippen molar-refractivity contribution in [3.63, 3.8) is 0 Å². The highest BCUT2D eigenvalue weighted by Gasteiger charge is 2.18. The van der Waals surface area contributed by atoms with Crippen molar-refractivity contribution in [2.75, 3.05) is 6.26 Å². The number of nitrogens with zero attached hydrogens (tertiary/aromatic N) is 1. The van der Waals surface area contributed by atoms with Gasteiger partial charge in [-0.25, -0.2) is 22.6 Å². The molecule has 0 N–H and O–H groups in total. The smallest absolute Gasteiger partial charge is 0.340 e.